The highest BCUT2D eigenvalue weighted by atomic mass is 16.3. The van der Waals surface area contributed by atoms with Crippen molar-refractivity contribution < 1.29 is 14.7 Å². The molecule has 0 saturated heterocycles. The van der Waals surface area contributed by atoms with Crippen molar-refractivity contribution >= 4 is 17.5 Å². The van der Waals surface area contributed by atoms with Crippen molar-refractivity contribution in [1.29, 1.82) is 0 Å². The van der Waals surface area contributed by atoms with E-state index in [4.69, 9.17) is 0 Å². The van der Waals surface area contributed by atoms with E-state index >= 15 is 0 Å². The van der Waals surface area contributed by atoms with Crippen molar-refractivity contribution in [2.75, 3.05) is 5.32 Å². The van der Waals surface area contributed by atoms with Gasteiger partial charge in [-0.05, 0) is 36.8 Å². The number of hydrogen-bond acceptors (Lipinski definition) is 3. The summed E-state index contributed by atoms with van der Waals surface area (Å²) in [6.07, 6.45) is 0. The van der Waals surface area contributed by atoms with Gasteiger partial charge in [0, 0.05) is 18.2 Å². The van der Waals surface area contributed by atoms with Crippen LogP contribution in [0.25, 0.3) is 0 Å². The van der Waals surface area contributed by atoms with Gasteiger partial charge in [0.1, 0.15) is 5.75 Å². The molecule has 0 bridgehead atoms. The van der Waals surface area contributed by atoms with Crippen LogP contribution in [0.3, 0.4) is 0 Å². The largest absolute Gasteiger partial charge is 0.507 e. The van der Waals surface area contributed by atoms with Gasteiger partial charge in [-0.1, -0.05) is 37.6 Å². The third-order valence-corrected chi connectivity index (χ3v) is 3.60. The molecule has 2 aromatic carbocycles. The molecule has 0 saturated carbocycles. The first-order chi connectivity index (χ1) is 11.4. The average Bonchev–Trinajstić information content (AvgIpc) is 2.56. The minimum atomic E-state index is -0.326. The SMILES string of the molecule is Cc1ccc(O)c(C(=O)NCc2ccc(NC(=O)C(C)C)cc2)c1. The van der Waals surface area contributed by atoms with Crippen molar-refractivity contribution in [2.24, 2.45) is 5.92 Å². The molecule has 24 heavy (non-hydrogen) atoms. The highest BCUT2D eigenvalue weighted by molar-refractivity contribution is 5.97. The van der Waals surface area contributed by atoms with Gasteiger partial charge in [0.05, 0.1) is 5.56 Å². The number of aryl methyl sites for hydroxylation is 1. The summed E-state index contributed by atoms with van der Waals surface area (Å²) in [4.78, 5) is 23.8. The summed E-state index contributed by atoms with van der Waals surface area (Å²) in [5, 5.41) is 15.4. The lowest BCUT2D eigenvalue weighted by molar-refractivity contribution is -0.118. The first kappa shape index (κ1) is 17.5. The van der Waals surface area contributed by atoms with Crippen molar-refractivity contribution in [1.82, 2.24) is 5.32 Å². The van der Waals surface area contributed by atoms with Crippen molar-refractivity contribution in [3.05, 3.63) is 59.2 Å². The second kappa shape index (κ2) is 7.64. The van der Waals surface area contributed by atoms with E-state index in [1.807, 2.05) is 32.9 Å². The van der Waals surface area contributed by atoms with E-state index in [0.717, 1.165) is 16.8 Å². The zero-order valence-corrected chi connectivity index (χ0v) is 14.1. The van der Waals surface area contributed by atoms with Crippen LogP contribution >= 0.6 is 0 Å². The molecular weight excluding hydrogens is 304 g/mol. The van der Waals surface area contributed by atoms with Gasteiger partial charge in [0.25, 0.3) is 5.91 Å². The number of nitrogens with one attached hydrogen (secondary N) is 2. The number of amides is 2. The fraction of sp³-hybridized carbons (Fsp3) is 0.263. The zero-order valence-electron chi connectivity index (χ0n) is 14.1. The number of hydrogen-bond donors (Lipinski definition) is 3. The number of aromatic hydroxyl groups is 1. The molecule has 5 nitrogen and oxygen atoms in total. The fourth-order valence-electron chi connectivity index (χ4n) is 2.10. The molecule has 0 unspecified atom stereocenters. The Balaban J connectivity index is 1.96. The van der Waals surface area contributed by atoms with E-state index in [2.05, 4.69) is 10.6 Å². The van der Waals surface area contributed by atoms with E-state index in [1.54, 1.807) is 24.3 Å². The van der Waals surface area contributed by atoms with Gasteiger partial charge in [-0.3, -0.25) is 9.59 Å². The summed E-state index contributed by atoms with van der Waals surface area (Å²) < 4.78 is 0. The summed E-state index contributed by atoms with van der Waals surface area (Å²) >= 11 is 0. The van der Waals surface area contributed by atoms with Crippen molar-refractivity contribution in [3.63, 3.8) is 0 Å². The van der Waals surface area contributed by atoms with Crippen LogP contribution in [0.1, 0.15) is 35.3 Å². The Morgan fingerprint density at radius 1 is 1.08 bits per heavy atom. The second-order valence-electron chi connectivity index (χ2n) is 6.04. The molecule has 0 atom stereocenters. The number of benzene rings is 2. The molecule has 2 aromatic rings. The van der Waals surface area contributed by atoms with Gasteiger partial charge >= 0.3 is 0 Å². The highest BCUT2D eigenvalue weighted by Crippen LogP contribution is 2.18. The predicted octanol–water partition coefficient (Wildman–Crippen LogP) is 3.23. The Morgan fingerprint density at radius 2 is 1.75 bits per heavy atom. The average molecular weight is 326 g/mol. The van der Waals surface area contributed by atoms with Crippen LogP contribution in [0.2, 0.25) is 0 Å². The van der Waals surface area contributed by atoms with Gasteiger partial charge in [-0.2, -0.15) is 0 Å². The van der Waals surface area contributed by atoms with Gasteiger partial charge in [0.15, 0.2) is 0 Å². The molecule has 0 aliphatic carbocycles. The molecule has 2 amide bonds. The van der Waals surface area contributed by atoms with Gasteiger partial charge in [-0.15, -0.1) is 0 Å². The summed E-state index contributed by atoms with van der Waals surface area (Å²) in [7, 11) is 0. The van der Waals surface area contributed by atoms with Crippen LogP contribution < -0.4 is 10.6 Å². The summed E-state index contributed by atoms with van der Waals surface area (Å²) in [5.41, 5.74) is 2.79. The van der Waals surface area contributed by atoms with Crippen LogP contribution in [0.4, 0.5) is 5.69 Å². The van der Waals surface area contributed by atoms with E-state index < -0.39 is 0 Å². The minimum absolute atomic E-state index is 0.0361. The highest BCUT2D eigenvalue weighted by Gasteiger charge is 2.11. The molecule has 0 heterocycles. The van der Waals surface area contributed by atoms with Crippen LogP contribution in [0.15, 0.2) is 42.5 Å². The molecule has 0 aliphatic heterocycles. The molecule has 0 aromatic heterocycles. The number of carbonyl (C=O) groups excluding carboxylic acids is 2. The molecule has 2 rings (SSSR count). The first-order valence-electron chi connectivity index (χ1n) is 7.84. The Labute approximate surface area is 141 Å². The maximum Gasteiger partial charge on any atom is 0.255 e. The summed E-state index contributed by atoms with van der Waals surface area (Å²) in [6, 6.07) is 12.2. The number of phenols is 1. The maximum atomic E-state index is 12.2. The van der Waals surface area contributed by atoms with Crippen molar-refractivity contribution in [3.8, 4) is 5.75 Å². The Bertz CT molecular complexity index is 737. The normalized spacial score (nSPS) is 10.5. The van der Waals surface area contributed by atoms with Crippen LogP contribution in [0, 0.1) is 12.8 Å². The summed E-state index contributed by atoms with van der Waals surface area (Å²) in [6.45, 7) is 5.87. The van der Waals surface area contributed by atoms with E-state index in [1.165, 1.54) is 6.07 Å². The lowest BCUT2D eigenvalue weighted by atomic mass is 10.1. The van der Waals surface area contributed by atoms with Crippen molar-refractivity contribution in [2.45, 2.75) is 27.3 Å². The maximum absolute atomic E-state index is 12.2. The lowest BCUT2D eigenvalue weighted by Gasteiger charge is -2.10. The monoisotopic (exact) mass is 326 g/mol. The minimum Gasteiger partial charge on any atom is -0.507 e. The quantitative estimate of drug-likeness (QED) is 0.789. The van der Waals surface area contributed by atoms with Crippen LogP contribution in [-0.2, 0) is 11.3 Å². The van der Waals surface area contributed by atoms with Crippen LogP contribution in [-0.4, -0.2) is 16.9 Å². The molecule has 0 aliphatic rings. The number of carbonyl (C=O) groups is 2. The molecule has 3 N–H and O–H groups in total. The number of phenolic OH excluding ortho intramolecular Hbond substituents is 1. The third kappa shape index (κ3) is 4.59. The molecule has 0 spiro atoms. The number of rotatable bonds is 5. The Kier molecular flexibility index (Phi) is 5.58. The van der Waals surface area contributed by atoms with E-state index in [9.17, 15) is 14.7 Å². The Hall–Kier alpha value is -2.82. The zero-order chi connectivity index (χ0) is 17.7. The lowest BCUT2D eigenvalue weighted by Crippen LogP contribution is -2.23. The van der Waals surface area contributed by atoms with E-state index in [0.29, 0.717) is 6.54 Å². The molecular formula is C19H22N2O3. The second-order valence-corrected chi connectivity index (χ2v) is 6.04. The fourth-order valence-corrected chi connectivity index (χ4v) is 2.10. The predicted molar refractivity (Wildman–Crippen MR) is 93.9 cm³/mol. The van der Waals surface area contributed by atoms with Gasteiger partial charge < -0.3 is 15.7 Å². The first-order valence-corrected chi connectivity index (χ1v) is 7.84. The topological polar surface area (TPSA) is 78.4 Å². The van der Waals surface area contributed by atoms with Crippen LogP contribution in [0.5, 0.6) is 5.75 Å². The Morgan fingerprint density at radius 3 is 2.38 bits per heavy atom. The third-order valence-electron chi connectivity index (χ3n) is 3.60. The summed E-state index contributed by atoms with van der Waals surface area (Å²) in [5.74, 6) is -0.477. The molecule has 5 heteroatoms. The molecule has 0 radical (unpaired) electrons. The smallest absolute Gasteiger partial charge is 0.255 e. The molecule has 126 valence electrons. The molecule has 0 fully saturated rings. The standard InChI is InChI=1S/C19H22N2O3/c1-12(2)18(23)21-15-7-5-14(6-8-15)11-20-19(24)16-10-13(3)4-9-17(16)22/h4-10,12,22H,11H2,1-3H3,(H,20,24)(H,21,23). The van der Waals surface area contributed by atoms with Gasteiger partial charge in [0.2, 0.25) is 5.91 Å². The number of anilines is 1. The van der Waals surface area contributed by atoms with E-state index in [-0.39, 0.29) is 29.0 Å². The van der Waals surface area contributed by atoms with Gasteiger partial charge in [-0.25, -0.2) is 0 Å².